The van der Waals surface area contributed by atoms with Gasteiger partial charge in [0, 0.05) is 24.3 Å². The zero-order valence-electron chi connectivity index (χ0n) is 11.7. The van der Waals surface area contributed by atoms with Gasteiger partial charge < -0.3 is 10.6 Å². The molecular weight excluding hydrogens is 226 g/mol. The molecule has 1 unspecified atom stereocenters. The summed E-state index contributed by atoms with van der Waals surface area (Å²) in [5.74, 6) is 1.23. The second kappa shape index (κ2) is 6.99. The number of carbonyl (C=O) groups is 1. The van der Waals surface area contributed by atoms with Crippen LogP contribution >= 0.6 is 0 Å². The third-order valence-electron chi connectivity index (χ3n) is 2.88. The van der Waals surface area contributed by atoms with E-state index in [2.05, 4.69) is 29.5 Å². The molecule has 0 aromatic carbocycles. The van der Waals surface area contributed by atoms with Crippen LogP contribution in [0.4, 0.5) is 5.82 Å². The van der Waals surface area contributed by atoms with Crippen LogP contribution in [-0.2, 0) is 0 Å². The first-order valence-corrected chi connectivity index (χ1v) is 6.57. The minimum Gasteiger partial charge on any atom is -0.370 e. The normalized spacial score (nSPS) is 12.0. The van der Waals surface area contributed by atoms with Crippen LogP contribution in [0.5, 0.6) is 0 Å². The fourth-order valence-electron chi connectivity index (χ4n) is 1.58. The number of aromatic nitrogens is 1. The summed E-state index contributed by atoms with van der Waals surface area (Å²) in [6, 6.07) is 3.61. The van der Waals surface area contributed by atoms with Crippen LogP contribution in [0.25, 0.3) is 0 Å². The van der Waals surface area contributed by atoms with Crippen molar-refractivity contribution in [3.05, 3.63) is 23.4 Å². The quantitative estimate of drug-likeness (QED) is 0.814. The molecule has 1 atom stereocenters. The fraction of sp³-hybridized carbons (Fsp3) is 0.571. The topological polar surface area (TPSA) is 54.0 Å². The highest BCUT2D eigenvalue weighted by Crippen LogP contribution is 2.10. The number of nitrogens with one attached hydrogen (secondary N) is 2. The van der Waals surface area contributed by atoms with Crippen LogP contribution in [-0.4, -0.2) is 24.0 Å². The standard InChI is InChI=1S/C14H23N3O/c1-5-10(3)9-16-14(18)12-7-11(4)17-13(8-12)15-6-2/h7-8,10H,5-6,9H2,1-4H3,(H,15,17)(H,16,18). The Bertz CT molecular complexity index is 404. The van der Waals surface area contributed by atoms with Crippen LogP contribution in [0.2, 0.25) is 0 Å². The second-order valence-electron chi connectivity index (χ2n) is 4.64. The summed E-state index contributed by atoms with van der Waals surface area (Å²) in [6.45, 7) is 9.66. The van der Waals surface area contributed by atoms with Crippen molar-refractivity contribution in [1.29, 1.82) is 0 Å². The first kappa shape index (κ1) is 14.5. The van der Waals surface area contributed by atoms with E-state index in [0.717, 1.165) is 24.5 Å². The molecule has 2 N–H and O–H groups in total. The molecule has 4 heteroatoms. The van der Waals surface area contributed by atoms with Gasteiger partial charge in [0.05, 0.1) is 0 Å². The van der Waals surface area contributed by atoms with Crippen LogP contribution in [0.1, 0.15) is 43.2 Å². The zero-order chi connectivity index (χ0) is 13.5. The zero-order valence-corrected chi connectivity index (χ0v) is 11.7. The number of rotatable bonds is 6. The van der Waals surface area contributed by atoms with E-state index in [-0.39, 0.29) is 5.91 Å². The molecule has 0 aliphatic heterocycles. The number of amides is 1. The first-order valence-electron chi connectivity index (χ1n) is 6.57. The molecule has 100 valence electrons. The van der Waals surface area contributed by atoms with E-state index in [1.807, 2.05) is 19.9 Å². The van der Waals surface area contributed by atoms with E-state index in [1.54, 1.807) is 6.07 Å². The van der Waals surface area contributed by atoms with Gasteiger partial charge in [-0.2, -0.15) is 0 Å². The van der Waals surface area contributed by atoms with Crippen molar-refractivity contribution >= 4 is 11.7 Å². The van der Waals surface area contributed by atoms with Gasteiger partial charge in [-0.05, 0) is 31.9 Å². The largest absolute Gasteiger partial charge is 0.370 e. The molecule has 0 bridgehead atoms. The smallest absolute Gasteiger partial charge is 0.251 e. The molecule has 0 radical (unpaired) electrons. The Morgan fingerprint density at radius 3 is 2.72 bits per heavy atom. The van der Waals surface area contributed by atoms with E-state index in [4.69, 9.17) is 0 Å². The highest BCUT2D eigenvalue weighted by atomic mass is 16.1. The molecule has 1 aromatic rings. The minimum absolute atomic E-state index is 0.0278. The highest BCUT2D eigenvalue weighted by molar-refractivity contribution is 5.95. The molecule has 1 rings (SSSR count). The number of anilines is 1. The molecule has 0 fully saturated rings. The number of carbonyl (C=O) groups excluding carboxylic acids is 1. The lowest BCUT2D eigenvalue weighted by Crippen LogP contribution is -2.28. The van der Waals surface area contributed by atoms with Gasteiger partial charge in [0.2, 0.25) is 0 Å². The van der Waals surface area contributed by atoms with Gasteiger partial charge in [0.25, 0.3) is 5.91 Å². The van der Waals surface area contributed by atoms with Crippen LogP contribution in [0.3, 0.4) is 0 Å². The maximum Gasteiger partial charge on any atom is 0.251 e. The molecule has 1 amide bonds. The Kier molecular flexibility index (Phi) is 5.62. The van der Waals surface area contributed by atoms with Crippen LogP contribution in [0.15, 0.2) is 12.1 Å². The summed E-state index contributed by atoms with van der Waals surface area (Å²) in [4.78, 5) is 16.3. The predicted molar refractivity (Wildman–Crippen MR) is 74.9 cm³/mol. The third kappa shape index (κ3) is 4.35. The van der Waals surface area contributed by atoms with Crippen molar-refractivity contribution in [3.63, 3.8) is 0 Å². The number of hydrogen-bond donors (Lipinski definition) is 2. The fourth-order valence-corrected chi connectivity index (χ4v) is 1.58. The highest BCUT2D eigenvalue weighted by Gasteiger charge is 2.09. The minimum atomic E-state index is -0.0278. The lowest BCUT2D eigenvalue weighted by molar-refractivity contribution is 0.0947. The van der Waals surface area contributed by atoms with Gasteiger partial charge in [-0.1, -0.05) is 20.3 Å². The molecule has 18 heavy (non-hydrogen) atoms. The van der Waals surface area contributed by atoms with E-state index >= 15 is 0 Å². The average Bonchev–Trinajstić information content (AvgIpc) is 2.35. The molecular formula is C14H23N3O. The molecule has 0 saturated carbocycles. The van der Waals surface area contributed by atoms with Gasteiger partial charge in [-0.15, -0.1) is 0 Å². The van der Waals surface area contributed by atoms with Crippen molar-refractivity contribution in [2.75, 3.05) is 18.4 Å². The lowest BCUT2D eigenvalue weighted by Gasteiger charge is -2.11. The van der Waals surface area contributed by atoms with E-state index < -0.39 is 0 Å². The van der Waals surface area contributed by atoms with E-state index in [1.165, 1.54) is 0 Å². The SMILES string of the molecule is CCNc1cc(C(=O)NCC(C)CC)cc(C)n1. The van der Waals surface area contributed by atoms with Gasteiger partial charge in [-0.3, -0.25) is 4.79 Å². The maximum absolute atomic E-state index is 12.0. The second-order valence-corrected chi connectivity index (χ2v) is 4.64. The summed E-state index contributed by atoms with van der Waals surface area (Å²) in [7, 11) is 0. The van der Waals surface area contributed by atoms with E-state index in [9.17, 15) is 4.79 Å². The van der Waals surface area contributed by atoms with Crippen LogP contribution in [0, 0.1) is 12.8 Å². The van der Waals surface area contributed by atoms with Crippen LogP contribution < -0.4 is 10.6 Å². The maximum atomic E-state index is 12.0. The predicted octanol–water partition coefficient (Wildman–Crippen LogP) is 2.60. The number of nitrogens with zero attached hydrogens (tertiary/aromatic N) is 1. The summed E-state index contributed by atoms with van der Waals surface area (Å²) in [6.07, 6.45) is 1.07. The van der Waals surface area contributed by atoms with Crippen molar-refractivity contribution in [3.8, 4) is 0 Å². The molecule has 0 spiro atoms. The molecule has 4 nitrogen and oxygen atoms in total. The molecule has 0 aliphatic rings. The van der Waals surface area contributed by atoms with Gasteiger partial charge >= 0.3 is 0 Å². The van der Waals surface area contributed by atoms with Crippen molar-refractivity contribution < 1.29 is 4.79 Å². The Balaban J connectivity index is 2.72. The number of hydrogen-bond acceptors (Lipinski definition) is 3. The number of aryl methyl sites for hydroxylation is 1. The molecule has 1 heterocycles. The Morgan fingerprint density at radius 2 is 2.11 bits per heavy atom. The van der Waals surface area contributed by atoms with Gasteiger partial charge in [0.1, 0.15) is 5.82 Å². The Labute approximate surface area is 109 Å². The van der Waals surface area contributed by atoms with Gasteiger partial charge in [0.15, 0.2) is 0 Å². The first-order chi connectivity index (χ1) is 8.56. The molecule has 0 saturated heterocycles. The summed E-state index contributed by atoms with van der Waals surface area (Å²) in [5, 5.41) is 6.08. The summed E-state index contributed by atoms with van der Waals surface area (Å²) in [5.41, 5.74) is 1.52. The summed E-state index contributed by atoms with van der Waals surface area (Å²) < 4.78 is 0. The van der Waals surface area contributed by atoms with Crippen molar-refractivity contribution in [2.24, 2.45) is 5.92 Å². The molecule has 0 aliphatic carbocycles. The van der Waals surface area contributed by atoms with Gasteiger partial charge in [-0.25, -0.2) is 4.98 Å². The molecule has 1 aromatic heterocycles. The Morgan fingerprint density at radius 1 is 1.39 bits per heavy atom. The monoisotopic (exact) mass is 249 g/mol. The number of pyridine rings is 1. The van der Waals surface area contributed by atoms with Crippen molar-refractivity contribution in [1.82, 2.24) is 10.3 Å². The average molecular weight is 249 g/mol. The summed E-state index contributed by atoms with van der Waals surface area (Å²) >= 11 is 0. The Hall–Kier alpha value is -1.58. The van der Waals surface area contributed by atoms with E-state index in [0.29, 0.717) is 18.0 Å². The lowest BCUT2D eigenvalue weighted by atomic mass is 10.1. The third-order valence-corrected chi connectivity index (χ3v) is 2.88. The van der Waals surface area contributed by atoms with Crippen molar-refractivity contribution in [2.45, 2.75) is 34.1 Å².